The van der Waals surface area contributed by atoms with Crippen LogP contribution in [0.4, 0.5) is 0 Å². The first-order valence-electron chi connectivity index (χ1n) is 1.72. The van der Waals surface area contributed by atoms with E-state index in [0.29, 0.717) is 0 Å². The minimum absolute atomic E-state index is 0. The van der Waals surface area contributed by atoms with Crippen molar-refractivity contribution in [2.24, 2.45) is 15.7 Å². The summed E-state index contributed by atoms with van der Waals surface area (Å²) in [5.74, 6) is 0.148. The second-order valence-electron chi connectivity index (χ2n) is 0.828. The van der Waals surface area contributed by atoms with Crippen LogP contribution in [0.25, 0.3) is 0 Å². The molecule has 0 saturated carbocycles. The lowest BCUT2D eigenvalue weighted by molar-refractivity contribution is 1.45. The van der Waals surface area contributed by atoms with Crippen molar-refractivity contribution in [1.29, 1.82) is 0 Å². The van der Waals surface area contributed by atoms with Gasteiger partial charge >= 0.3 is 0 Å². The maximum Gasteiger partial charge on any atom is 0.219 e. The fourth-order valence-corrected chi connectivity index (χ4v) is 0.134. The van der Waals surface area contributed by atoms with Crippen molar-refractivity contribution >= 4 is 12.7 Å². The first-order chi connectivity index (χ1) is 3.31. The summed E-state index contributed by atoms with van der Waals surface area (Å²) >= 11 is 0. The van der Waals surface area contributed by atoms with Gasteiger partial charge in [-0.3, -0.25) is 0 Å². The first kappa shape index (κ1) is 5.88. The van der Waals surface area contributed by atoms with Gasteiger partial charge in [0.2, 0.25) is 5.96 Å². The molecule has 0 aliphatic carbocycles. The number of hydrogen-bond donors (Lipinski definition) is 1. The Hall–Kier alpha value is -1.12. The predicted molar refractivity (Wildman–Crippen MR) is 33.5 cm³/mol. The van der Waals surface area contributed by atoms with Crippen LogP contribution in [0.3, 0.4) is 0 Å². The summed E-state index contributed by atoms with van der Waals surface area (Å²) in [6, 6.07) is 0. The number of nitrogens with two attached hydrogens (primary N) is 1. The van der Waals surface area contributed by atoms with Crippen molar-refractivity contribution in [3.05, 3.63) is 12.8 Å². The van der Waals surface area contributed by atoms with Gasteiger partial charge in [-0.05, 0) is 6.72 Å². The van der Waals surface area contributed by atoms with E-state index in [1.165, 1.54) is 6.20 Å². The first-order valence-corrected chi connectivity index (χ1v) is 1.72. The van der Waals surface area contributed by atoms with Gasteiger partial charge in [-0.1, -0.05) is 6.58 Å². The van der Waals surface area contributed by atoms with Crippen LogP contribution in [0.1, 0.15) is 1.43 Å². The number of aliphatic imine (C=N–C) groups is 2. The number of nitrogens with zero attached hydrogens (tertiary/aromatic N) is 2. The third-order valence-corrected chi connectivity index (χ3v) is 0.386. The molecule has 0 bridgehead atoms. The smallest absolute Gasteiger partial charge is 0.219 e. The van der Waals surface area contributed by atoms with Crippen LogP contribution in [0.5, 0.6) is 0 Å². The molecular weight excluding hydrogens is 90.1 g/mol. The zero-order chi connectivity index (χ0) is 5.70. The van der Waals surface area contributed by atoms with Gasteiger partial charge in [-0.15, -0.1) is 0 Å². The molecule has 0 radical (unpaired) electrons. The zero-order valence-corrected chi connectivity index (χ0v) is 3.96. The molecule has 0 aromatic carbocycles. The van der Waals surface area contributed by atoms with Gasteiger partial charge in [0, 0.05) is 7.63 Å². The Morgan fingerprint density at radius 1 is 1.86 bits per heavy atom. The van der Waals surface area contributed by atoms with Gasteiger partial charge in [0.1, 0.15) is 0 Å². The highest BCUT2D eigenvalue weighted by atomic mass is 15.0. The molecule has 3 nitrogen and oxygen atoms in total. The van der Waals surface area contributed by atoms with Crippen molar-refractivity contribution < 1.29 is 1.43 Å². The lowest BCUT2D eigenvalue weighted by atomic mass is 10.9. The summed E-state index contributed by atoms with van der Waals surface area (Å²) in [4.78, 5) is 6.76. The Labute approximate surface area is 43.8 Å². The molecule has 0 spiro atoms. The molecule has 0 rings (SSSR count). The summed E-state index contributed by atoms with van der Waals surface area (Å²) in [7, 11) is 0. The van der Waals surface area contributed by atoms with E-state index < -0.39 is 0 Å². The number of hydrogen-bond acceptors (Lipinski definition) is 1. The molecule has 3 heteroatoms. The molecule has 0 aliphatic heterocycles. The molecule has 0 aromatic rings. The topological polar surface area (TPSA) is 50.7 Å². The molecule has 0 heterocycles. The Kier molecular flexibility index (Phi) is 2.59. The second kappa shape index (κ2) is 3.08. The van der Waals surface area contributed by atoms with E-state index in [1.54, 1.807) is 0 Å². The molecule has 0 unspecified atom stereocenters. The molecular formula is C4H9N3. The zero-order valence-electron chi connectivity index (χ0n) is 3.96. The van der Waals surface area contributed by atoms with Gasteiger partial charge in [0.05, 0.1) is 0 Å². The Balaban J connectivity index is 0. The summed E-state index contributed by atoms with van der Waals surface area (Å²) in [5, 5.41) is 0. The van der Waals surface area contributed by atoms with Crippen LogP contribution in [-0.4, -0.2) is 12.7 Å². The third kappa shape index (κ3) is 2.69. The number of rotatable bonds is 1. The monoisotopic (exact) mass is 99.1 g/mol. The van der Waals surface area contributed by atoms with E-state index in [9.17, 15) is 0 Å². The van der Waals surface area contributed by atoms with Crippen LogP contribution in [0.15, 0.2) is 22.8 Å². The van der Waals surface area contributed by atoms with Crippen molar-refractivity contribution in [2.75, 3.05) is 0 Å². The average molecular weight is 99.1 g/mol. The van der Waals surface area contributed by atoms with Gasteiger partial charge in [-0.2, -0.15) is 0 Å². The summed E-state index contributed by atoms with van der Waals surface area (Å²) in [5.41, 5.74) is 5.03. The Bertz CT molecular complexity index is 108. The van der Waals surface area contributed by atoms with Gasteiger partial charge in [-0.25, -0.2) is 9.98 Å². The Morgan fingerprint density at radius 3 is 2.57 bits per heavy atom. The lowest BCUT2D eigenvalue weighted by Gasteiger charge is -1.80. The molecule has 0 fully saturated rings. The highest BCUT2D eigenvalue weighted by molar-refractivity contribution is 5.82. The number of guanidine groups is 1. The normalized spacial score (nSPS) is 10.6. The molecule has 2 N–H and O–H groups in total. The lowest BCUT2D eigenvalue weighted by Crippen LogP contribution is -2.05. The highest BCUT2D eigenvalue weighted by Gasteiger charge is 1.72. The van der Waals surface area contributed by atoms with Crippen molar-refractivity contribution in [3.8, 4) is 0 Å². The SMILES string of the molecule is C=CN=C(N)N=C.[HH]. The van der Waals surface area contributed by atoms with E-state index >= 15 is 0 Å². The van der Waals surface area contributed by atoms with Crippen molar-refractivity contribution in [2.45, 2.75) is 0 Å². The molecule has 0 aromatic heterocycles. The summed E-state index contributed by atoms with van der Waals surface area (Å²) in [6.07, 6.45) is 1.31. The van der Waals surface area contributed by atoms with E-state index in [0.717, 1.165) is 0 Å². The van der Waals surface area contributed by atoms with Crippen LogP contribution in [0.2, 0.25) is 0 Å². The van der Waals surface area contributed by atoms with Crippen LogP contribution >= 0.6 is 0 Å². The standard InChI is InChI=1S/C4H7N3.H2/c1-3-7-4(5)6-2;/h3H,1-2H2,(H2,5,7);1H. The minimum Gasteiger partial charge on any atom is -0.368 e. The van der Waals surface area contributed by atoms with Crippen molar-refractivity contribution in [1.82, 2.24) is 0 Å². The summed E-state index contributed by atoms with van der Waals surface area (Å²) in [6.45, 7) is 6.42. The van der Waals surface area contributed by atoms with Crippen LogP contribution in [-0.2, 0) is 0 Å². The third-order valence-electron chi connectivity index (χ3n) is 0.386. The van der Waals surface area contributed by atoms with E-state index in [4.69, 9.17) is 5.73 Å². The van der Waals surface area contributed by atoms with Crippen molar-refractivity contribution in [3.63, 3.8) is 0 Å². The quantitative estimate of drug-likeness (QED) is 0.375. The summed E-state index contributed by atoms with van der Waals surface area (Å²) < 4.78 is 0. The molecule has 0 saturated heterocycles. The van der Waals surface area contributed by atoms with Gasteiger partial charge in [0.15, 0.2) is 0 Å². The fourth-order valence-electron chi connectivity index (χ4n) is 0.134. The fraction of sp³-hybridized carbons (Fsp3) is 0. The van der Waals surface area contributed by atoms with Crippen LogP contribution in [0, 0.1) is 0 Å². The van der Waals surface area contributed by atoms with E-state index in [1.807, 2.05) is 0 Å². The minimum atomic E-state index is 0. The predicted octanol–water partition coefficient (Wildman–Crippen LogP) is 0.391. The average Bonchev–Trinajstić information content (AvgIpc) is 1.68. The molecule has 7 heavy (non-hydrogen) atoms. The molecule has 0 amide bonds. The van der Waals surface area contributed by atoms with Gasteiger partial charge in [0.25, 0.3) is 0 Å². The van der Waals surface area contributed by atoms with Gasteiger partial charge < -0.3 is 5.73 Å². The van der Waals surface area contributed by atoms with E-state index in [2.05, 4.69) is 23.3 Å². The van der Waals surface area contributed by atoms with E-state index in [-0.39, 0.29) is 7.39 Å². The molecule has 0 atom stereocenters. The Morgan fingerprint density at radius 2 is 2.43 bits per heavy atom. The molecule has 40 valence electrons. The largest absolute Gasteiger partial charge is 0.368 e. The maximum atomic E-state index is 5.03. The highest BCUT2D eigenvalue weighted by Crippen LogP contribution is 1.68. The van der Waals surface area contributed by atoms with Crippen LogP contribution < -0.4 is 5.73 Å². The molecule has 0 aliphatic rings. The second-order valence-corrected chi connectivity index (χ2v) is 0.828. The maximum absolute atomic E-state index is 5.03.